The Hall–Kier alpha value is -1.63. The fraction of sp³-hybridized carbons (Fsp3) is 0.300. The van der Waals surface area contributed by atoms with E-state index in [-0.39, 0.29) is 5.56 Å². The van der Waals surface area contributed by atoms with Crippen LogP contribution in [0.4, 0.5) is 8.78 Å². The van der Waals surface area contributed by atoms with E-state index >= 15 is 0 Å². The minimum absolute atomic E-state index is 0.193. The summed E-state index contributed by atoms with van der Waals surface area (Å²) in [4.78, 5) is 0. The largest absolute Gasteiger partial charge is 0.505 e. The third-order valence-corrected chi connectivity index (χ3v) is 2.55. The van der Waals surface area contributed by atoms with Crippen LogP contribution in [0.15, 0.2) is 12.1 Å². The zero-order valence-corrected chi connectivity index (χ0v) is 7.22. The summed E-state index contributed by atoms with van der Waals surface area (Å²) in [6.07, 6.45) is 1.17. The van der Waals surface area contributed by atoms with Gasteiger partial charge in [0.1, 0.15) is 0 Å². The van der Waals surface area contributed by atoms with E-state index in [1.807, 2.05) is 6.07 Å². The summed E-state index contributed by atoms with van der Waals surface area (Å²) in [6, 6.07) is 4.21. The van der Waals surface area contributed by atoms with Crippen LogP contribution in [0.2, 0.25) is 0 Å². The summed E-state index contributed by atoms with van der Waals surface area (Å²) >= 11 is 0. The van der Waals surface area contributed by atoms with Gasteiger partial charge in [0.05, 0.1) is 11.5 Å². The normalized spacial score (nSPS) is 17.5. The molecule has 1 aliphatic carbocycles. The lowest BCUT2D eigenvalue weighted by Crippen LogP contribution is -2.04. The van der Waals surface area contributed by atoms with Gasteiger partial charge in [-0.2, -0.15) is 9.65 Å². The van der Waals surface area contributed by atoms with Crippen molar-refractivity contribution in [2.75, 3.05) is 0 Å². The molecule has 1 aromatic carbocycles. The standard InChI is InChI=1S/C10H7F2NO/c11-7-2-1-6(9(14)8(7)12)10(5-13)3-4-10/h1-2,14H,3-4H2. The van der Waals surface area contributed by atoms with Crippen molar-refractivity contribution in [3.8, 4) is 11.8 Å². The first kappa shape index (κ1) is 8.95. The van der Waals surface area contributed by atoms with Crippen molar-refractivity contribution in [1.29, 1.82) is 5.26 Å². The highest BCUT2D eigenvalue weighted by Crippen LogP contribution is 2.51. The van der Waals surface area contributed by atoms with Gasteiger partial charge < -0.3 is 5.11 Å². The molecule has 0 saturated heterocycles. The molecule has 1 aromatic rings. The molecule has 4 heteroatoms. The summed E-state index contributed by atoms with van der Waals surface area (Å²) in [7, 11) is 0. The Morgan fingerprint density at radius 1 is 1.36 bits per heavy atom. The Kier molecular flexibility index (Phi) is 1.71. The second-order valence-corrected chi connectivity index (χ2v) is 3.45. The van der Waals surface area contributed by atoms with Gasteiger partial charge in [0.15, 0.2) is 11.6 Å². The summed E-state index contributed by atoms with van der Waals surface area (Å²) < 4.78 is 25.6. The van der Waals surface area contributed by atoms with Gasteiger partial charge in [-0.15, -0.1) is 0 Å². The Balaban J connectivity index is 2.57. The van der Waals surface area contributed by atoms with E-state index in [0.717, 1.165) is 6.07 Å². The Morgan fingerprint density at radius 3 is 2.50 bits per heavy atom. The zero-order valence-electron chi connectivity index (χ0n) is 7.22. The molecule has 1 N–H and O–H groups in total. The molecule has 0 radical (unpaired) electrons. The smallest absolute Gasteiger partial charge is 0.200 e. The van der Waals surface area contributed by atoms with Gasteiger partial charge in [-0.05, 0) is 18.9 Å². The first-order chi connectivity index (χ1) is 6.60. The number of phenolic OH excluding ortho intramolecular Hbond substituents is 1. The average molecular weight is 195 g/mol. The predicted molar refractivity (Wildman–Crippen MR) is 44.5 cm³/mol. The molecule has 0 heterocycles. The van der Waals surface area contributed by atoms with Crippen molar-refractivity contribution in [3.63, 3.8) is 0 Å². The molecule has 0 atom stereocenters. The number of aromatic hydroxyl groups is 1. The van der Waals surface area contributed by atoms with Crippen molar-refractivity contribution >= 4 is 0 Å². The fourth-order valence-corrected chi connectivity index (χ4v) is 1.49. The van der Waals surface area contributed by atoms with Gasteiger partial charge in [-0.25, -0.2) is 4.39 Å². The molecule has 0 amide bonds. The highest BCUT2D eigenvalue weighted by Gasteiger charge is 2.47. The van der Waals surface area contributed by atoms with E-state index < -0.39 is 22.8 Å². The number of rotatable bonds is 1. The predicted octanol–water partition coefficient (Wildman–Crippen LogP) is 2.23. The molecule has 14 heavy (non-hydrogen) atoms. The second-order valence-electron chi connectivity index (χ2n) is 3.45. The molecule has 1 saturated carbocycles. The Morgan fingerprint density at radius 2 is 2.00 bits per heavy atom. The van der Waals surface area contributed by atoms with Gasteiger partial charge in [0, 0.05) is 5.56 Å². The number of nitrogens with zero attached hydrogens (tertiary/aromatic N) is 1. The van der Waals surface area contributed by atoms with Crippen LogP contribution in [0.1, 0.15) is 18.4 Å². The number of nitriles is 1. The van der Waals surface area contributed by atoms with Crippen LogP contribution in [0.25, 0.3) is 0 Å². The lowest BCUT2D eigenvalue weighted by molar-refractivity contribution is 0.399. The van der Waals surface area contributed by atoms with Crippen molar-refractivity contribution in [2.24, 2.45) is 0 Å². The van der Waals surface area contributed by atoms with Crippen LogP contribution in [-0.2, 0) is 5.41 Å². The first-order valence-corrected chi connectivity index (χ1v) is 4.19. The van der Waals surface area contributed by atoms with Crippen molar-refractivity contribution in [1.82, 2.24) is 0 Å². The number of hydrogen-bond donors (Lipinski definition) is 1. The number of phenols is 1. The Bertz CT molecular complexity index is 432. The molecule has 0 bridgehead atoms. The van der Waals surface area contributed by atoms with Crippen LogP contribution >= 0.6 is 0 Å². The molecule has 1 fully saturated rings. The minimum Gasteiger partial charge on any atom is -0.505 e. The summed E-state index contributed by atoms with van der Waals surface area (Å²) in [5.41, 5.74) is -0.600. The summed E-state index contributed by atoms with van der Waals surface area (Å²) in [6.45, 7) is 0. The topological polar surface area (TPSA) is 44.0 Å². The molecular weight excluding hydrogens is 188 g/mol. The van der Waals surface area contributed by atoms with Crippen LogP contribution < -0.4 is 0 Å². The van der Waals surface area contributed by atoms with E-state index in [1.165, 1.54) is 6.07 Å². The maximum absolute atomic E-state index is 13.0. The Labute approximate surface area is 79.4 Å². The molecule has 72 valence electrons. The maximum Gasteiger partial charge on any atom is 0.200 e. The van der Waals surface area contributed by atoms with Crippen LogP contribution in [0.3, 0.4) is 0 Å². The number of benzene rings is 1. The molecular formula is C10H7F2NO. The van der Waals surface area contributed by atoms with E-state index in [1.54, 1.807) is 0 Å². The molecule has 2 nitrogen and oxygen atoms in total. The van der Waals surface area contributed by atoms with E-state index in [0.29, 0.717) is 12.8 Å². The SMILES string of the molecule is N#CC1(c2ccc(F)c(F)c2O)CC1. The summed E-state index contributed by atoms with van der Waals surface area (Å²) in [5, 5.41) is 18.1. The van der Waals surface area contributed by atoms with Crippen molar-refractivity contribution in [2.45, 2.75) is 18.3 Å². The quantitative estimate of drug-likeness (QED) is 0.746. The van der Waals surface area contributed by atoms with Crippen molar-refractivity contribution in [3.05, 3.63) is 29.3 Å². The second kappa shape index (κ2) is 2.68. The first-order valence-electron chi connectivity index (χ1n) is 4.19. The fourth-order valence-electron chi connectivity index (χ4n) is 1.49. The maximum atomic E-state index is 13.0. The van der Waals surface area contributed by atoms with Crippen LogP contribution in [0, 0.1) is 23.0 Å². The molecule has 0 unspecified atom stereocenters. The monoisotopic (exact) mass is 195 g/mol. The molecule has 2 rings (SSSR count). The highest BCUT2D eigenvalue weighted by atomic mass is 19.2. The van der Waals surface area contributed by atoms with Crippen LogP contribution in [-0.4, -0.2) is 5.11 Å². The van der Waals surface area contributed by atoms with E-state index in [2.05, 4.69) is 0 Å². The summed E-state index contributed by atoms with van der Waals surface area (Å²) in [5.74, 6) is -3.10. The molecule has 0 aromatic heterocycles. The third kappa shape index (κ3) is 1.06. The lowest BCUT2D eigenvalue weighted by atomic mass is 9.96. The van der Waals surface area contributed by atoms with Gasteiger partial charge in [0.2, 0.25) is 5.82 Å². The number of halogens is 2. The van der Waals surface area contributed by atoms with Crippen molar-refractivity contribution < 1.29 is 13.9 Å². The average Bonchev–Trinajstić information content (AvgIpc) is 2.95. The van der Waals surface area contributed by atoms with Gasteiger partial charge in [-0.3, -0.25) is 0 Å². The van der Waals surface area contributed by atoms with Crippen LogP contribution in [0.5, 0.6) is 5.75 Å². The molecule has 1 aliphatic rings. The van der Waals surface area contributed by atoms with Gasteiger partial charge in [0.25, 0.3) is 0 Å². The van der Waals surface area contributed by atoms with E-state index in [9.17, 15) is 13.9 Å². The van der Waals surface area contributed by atoms with E-state index in [4.69, 9.17) is 5.26 Å². The van der Waals surface area contributed by atoms with Gasteiger partial charge in [-0.1, -0.05) is 6.07 Å². The molecule has 0 spiro atoms. The third-order valence-electron chi connectivity index (χ3n) is 2.55. The lowest BCUT2D eigenvalue weighted by Gasteiger charge is -2.09. The van der Waals surface area contributed by atoms with Gasteiger partial charge >= 0.3 is 0 Å². The zero-order chi connectivity index (χ0) is 10.3. The highest BCUT2D eigenvalue weighted by molar-refractivity contribution is 5.48. The number of hydrogen-bond acceptors (Lipinski definition) is 2. The minimum atomic E-state index is -1.27. The molecule has 0 aliphatic heterocycles.